The van der Waals surface area contributed by atoms with Crippen LogP contribution >= 0.6 is 24.0 Å². The number of likely N-dealkylation sites (tertiary alicyclic amines) is 1. The molecule has 0 bridgehead atoms. The van der Waals surface area contributed by atoms with Crippen LogP contribution in [0.3, 0.4) is 0 Å². The first kappa shape index (κ1) is 25.8. The zero-order chi connectivity index (χ0) is 20.4. The van der Waals surface area contributed by atoms with E-state index in [4.69, 9.17) is 4.74 Å². The third-order valence-electron chi connectivity index (χ3n) is 5.04. The zero-order valence-corrected chi connectivity index (χ0v) is 19.4. The molecule has 0 unspecified atom stereocenters. The van der Waals surface area contributed by atoms with Gasteiger partial charge in [0.1, 0.15) is 5.75 Å². The quantitative estimate of drug-likeness (QED) is 0.307. The van der Waals surface area contributed by atoms with E-state index in [9.17, 15) is 13.2 Å². The molecule has 1 aromatic carbocycles. The molecule has 2 rings (SSSR count). The number of methoxy groups -OCH3 is 1. The van der Waals surface area contributed by atoms with Crippen LogP contribution in [0.2, 0.25) is 0 Å². The molecule has 0 radical (unpaired) electrons. The summed E-state index contributed by atoms with van der Waals surface area (Å²) in [6.07, 6.45) is -0.637. The maximum atomic E-state index is 12.4. The average Bonchev–Trinajstić information content (AvgIpc) is 2.67. The second kappa shape index (κ2) is 13.1. The first-order valence-electron chi connectivity index (χ1n) is 9.76. The SMILES string of the molecule is CN=C(NCCc1ccc(OC)cc1)NCCC1CCN(CC(F)(F)F)CC1.I. The molecule has 1 aliphatic heterocycles. The maximum absolute atomic E-state index is 12.4. The monoisotopic (exact) mass is 528 g/mol. The van der Waals surface area contributed by atoms with Gasteiger partial charge in [0.05, 0.1) is 13.7 Å². The van der Waals surface area contributed by atoms with Gasteiger partial charge in [0, 0.05) is 20.1 Å². The lowest BCUT2D eigenvalue weighted by Gasteiger charge is -2.32. The zero-order valence-electron chi connectivity index (χ0n) is 17.1. The molecule has 0 amide bonds. The Morgan fingerprint density at radius 3 is 2.31 bits per heavy atom. The van der Waals surface area contributed by atoms with E-state index < -0.39 is 12.7 Å². The van der Waals surface area contributed by atoms with Gasteiger partial charge in [0.25, 0.3) is 0 Å². The maximum Gasteiger partial charge on any atom is 0.401 e. The van der Waals surface area contributed by atoms with Gasteiger partial charge < -0.3 is 15.4 Å². The Morgan fingerprint density at radius 1 is 1.14 bits per heavy atom. The van der Waals surface area contributed by atoms with Gasteiger partial charge in [-0.3, -0.25) is 9.89 Å². The van der Waals surface area contributed by atoms with Crippen molar-refractivity contribution in [2.75, 3.05) is 46.9 Å². The van der Waals surface area contributed by atoms with Crippen LogP contribution in [-0.4, -0.2) is 63.9 Å². The number of piperidine rings is 1. The minimum Gasteiger partial charge on any atom is -0.497 e. The third-order valence-corrected chi connectivity index (χ3v) is 5.04. The lowest BCUT2D eigenvalue weighted by molar-refractivity contribution is -0.148. The highest BCUT2D eigenvalue weighted by molar-refractivity contribution is 14.0. The van der Waals surface area contributed by atoms with Crippen molar-refractivity contribution in [3.05, 3.63) is 29.8 Å². The Morgan fingerprint density at radius 2 is 1.76 bits per heavy atom. The van der Waals surface area contributed by atoms with E-state index in [1.807, 2.05) is 24.3 Å². The summed E-state index contributed by atoms with van der Waals surface area (Å²) in [6, 6.07) is 7.98. The molecule has 5 nitrogen and oxygen atoms in total. The highest BCUT2D eigenvalue weighted by Crippen LogP contribution is 2.23. The van der Waals surface area contributed by atoms with Gasteiger partial charge in [-0.25, -0.2) is 0 Å². The number of hydrogen-bond acceptors (Lipinski definition) is 3. The molecule has 1 aliphatic rings. The predicted molar refractivity (Wildman–Crippen MR) is 121 cm³/mol. The van der Waals surface area contributed by atoms with Crippen molar-refractivity contribution in [3.8, 4) is 5.75 Å². The molecule has 29 heavy (non-hydrogen) atoms. The van der Waals surface area contributed by atoms with Crippen LogP contribution in [0.25, 0.3) is 0 Å². The summed E-state index contributed by atoms with van der Waals surface area (Å²) in [6.45, 7) is 1.80. The van der Waals surface area contributed by atoms with E-state index in [0.29, 0.717) is 19.0 Å². The number of hydrogen-bond donors (Lipinski definition) is 2. The second-order valence-electron chi connectivity index (χ2n) is 7.15. The van der Waals surface area contributed by atoms with Crippen molar-refractivity contribution >= 4 is 29.9 Å². The largest absolute Gasteiger partial charge is 0.497 e. The van der Waals surface area contributed by atoms with Gasteiger partial charge >= 0.3 is 6.18 Å². The van der Waals surface area contributed by atoms with Crippen LogP contribution in [0.4, 0.5) is 13.2 Å². The van der Waals surface area contributed by atoms with Crippen molar-refractivity contribution in [1.82, 2.24) is 15.5 Å². The van der Waals surface area contributed by atoms with E-state index in [-0.39, 0.29) is 24.0 Å². The normalized spacial score (nSPS) is 16.2. The van der Waals surface area contributed by atoms with Crippen LogP contribution in [0.15, 0.2) is 29.3 Å². The third kappa shape index (κ3) is 10.4. The summed E-state index contributed by atoms with van der Waals surface area (Å²) in [4.78, 5) is 5.73. The first-order valence-corrected chi connectivity index (χ1v) is 9.76. The van der Waals surface area contributed by atoms with Gasteiger partial charge in [0.2, 0.25) is 0 Å². The molecule has 9 heteroatoms. The van der Waals surface area contributed by atoms with Crippen LogP contribution in [0.5, 0.6) is 5.75 Å². The molecule has 0 spiro atoms. The fourth-order valence-electron chi connectivity index (χ4n) is 3.42. The molecule has 0 aromatic heterocycles. The lowest BCUT2D eigenvalue weighted by atomic mass is 9.93. The van der Waals surface area contributed by atoms with Crippen molar-refractivity contribution in [3.63, 3.8) is 0 Å². The molecule has 1 heterocycles. The molecule has 1 fully saturated rings. The van der Waals surface area contributed by atoms with E-state index in [0.717, 1.165) is 50.5 Å². The van der Waals surface area contributed by atoms with Gasteiger partial charge in [-0.15, -0.1) is 24.0 Å². The van der Waals surface area contributed by atoms with Crippen molar-refractivity contribution in [2.45, 2.75) is 31.9 Å². The molecule has 0 atom stereocenters. The number of halogens is 4. The number of benzene rings is 1. The second-order valence-corrected chi connectivity index (χ2v) is 7.15. The van der Waals surface area contributed by atoms with Gasteiger partial charge in [-0.05, 0) is 62.4 Å². The number of guanidine groups is 1. The minimum atomic E-state index is -4.10. The number of nitrogens with one attached hydrogen (secondary N) is 2. The Balaban J connectivity index is 0.00000420. The van der Waals surface area contributed by atoms with E-state index in [1.165, 1.54) is 10.5 Å². The molecular formula is C20H32F3IN4O. The topological polar surface area (TPSA) is 48.9 Å². The van der Waals surface area contributed by atoms with Crippen molar-refractivity contribution < 1.29 is 17.9 Å². The number of ether oxygens (including phenoxy) is 1. The molecule has 2 N–H and O–H groups in total. The van der Waals surface area contributed by atoms with Crippen LogP contribution in [-0.2, 0) is 6.42 Å². The Hall–Kier alpha value is -1.23. The smallest absolute Gasteiger partial charge is 0.401 e. The highest BCUT2D eigenvalue weighted by atomic mass is 127. The molecule has 0 aliphatic carbocycles. The van der Waals surface area contributed by atoms with Crippen molar-refractivity contribution in [2.24, 2.45) is 10.9 Å². The van der Waals surface area contributed by atoms with Crippen LogP contribution in [0.1, 0.15) is 24.8 Å². The molecule has 1 saturated heterocycles. The fourth-order valence-corrected chi connectivity index (χ4v) is 3.42. The van der Waals surface area contributed by atoms with Crippen LogP contribution < -0.4 is 15.4 Å². The summed E-state index contributed by atoms with van der Waals surface area (Å²) in [5, 5.41) is 6.59. The summed E-state index contributed by atoms with van der Waals surface area (Å²) in [5.41, 5.74) is 1.22. The standard InChI is InChI=1S/C20H31F3N4O.HI/c1-24-19(25-11-7-16-3-5-18(28-2)6-4-16)26-12-8-17-9-13-27(14-10-17)15-20(21,22)23;/h3-6,17H,7-15H2,1-2H3,(H2,24,25,26);1H. The first-order chi connectivity index (χ1) is 13.4. The van der Waals surface area contributed by atoms with Crippen LogP contribution in [0, 0.1) is 5.92 Å². The molecular weight excluding hydrogens is 496 g/mol. The van der Waals surface area contributed by atoms with Gasteiger partial charge in [-0.2, -0.15) is 13.2 Å². The van der Waals surface area contributed by atoms with E-state index >= 15 is 0 Å². The molecule has 0 saturated carbocycles. The minimum absolute atomic E-state index is 0. The summed E-state index contributed by atoms with van der Waals surface area (Å²) >= 11 is 0. The van der Waals surface area contributed by atoms with E-state index in [2.05, 4.69) is 15.6 Å². The number of alkyl halides is 3. The molecule has 1 aromatic rings. The summed E-state index contributed by atoms with van der Waals surface area (Å²) < 4.78 is 42.5. The Labute approximate surface area is 188 Å². The summed E-state index contributed by atoms with van der Waals surface area (Å²) in [7, 11) is 3.39. The molecule has 166 valence electrons. The summed E-state index contributed by atoms with van der Waals surface area (Å²) in [5.74, 6) is 2.07. The highest BCUT2D eigenvalue weighted by Gasteiger charge is 2.32. The van der Waals surface area contributed by atoms with Gasteiger partial charge in [0.15, 0.2) is 5.96 Å². The Bertz CT molecular complexity index is 603. The number of rotatable bonds is 8. The Kier molecular flexibility index (Phi) is 11.7. The van der Waals surface area contributed by atoms with Crippen molar-refractivity contribution in [1.29, 1.82) is 0 Å². The lowest BCUT2D eigenvalue weighted by Crippen LogP contribution is -2.42. The van der Waals surface area contributed by atoms with E-state index in [1.54, 1.807) is 14.2 Å². The number of nitrogens with zero attached hydrogens (tertiary/aromatic N) is 2. The van der Waals surface area contributed by atoms with Gasteiger partial charge in [-0.1, -0.05) is 12.1 Å². The fraction of sp³-hybridized carbons (Fsp3) is 0.650. The number of aliphatic imine (C=N–C) groups is 1. The predicted octanol–water partition coefficient (Wildman–Crippen LogP) is 3.69. The average molecular weight is 528 g/mol.